The van der Waals surface area contributed by atoms with Crippen LogP contribution in [0, 0.1) is 27.2 Å². The Kier molecular flexibility index (Phi) is 7.90. The van der Waals surface area contributed by atoms with Crippen molar-refractivity contribution in [3.05, 3.63) is 83.7 Å². The van der Waals surface area contributed by atoms with E-state index in [9.17, 15) is 40.0 Å². The lowest BCUT2D eigenvalue weighted by molar-refractivity contribution is -0.790. The topological polar surface area (TPSA) is 201 Å². The first-order valence-corrected chi connectivity index (χ1v) is 10.7. The van der Waals surface area contributed by atoms with Crippen LogP contribution in [0.4, 0.5) is 0 Å². The van der Waals surface area contributed by atoms with E-state index in [1.165, 1.54) is 13.1 Å². The van der Waals surface area contributed by atoms with Crippen LogP contribution in [0.15, 0.2) is 30.5 Å². The maximum absolute atomic E-state index is 12.7. The van der Waals surface area contributed by atoms with Crippen molar-refractivity contribution in [2.45, 2.75) is 44.0 Å². The summed E-state index contributed by atoms with van der Waals surface area (Å²) in [5, 5.41) is 39.6. The summed E-state index contributed by atoms with van der Waals surface area (Å²) < 4.78 is 5.90. The number of hydrogen-bond donors (Lipinski definition) is 2. The molecule has 1 aromatic carbocycles. The number of pyridine rings is 1. The molecule has 1 aliphatic rings. The van der Waals surface area contributed by atoms with Crippen molar-refractivity contribution < 1.29 is 44.4 Å². The number of carboxylic acid groups (broad SMARTS) is 2. The van der Waals surface area contributed by atoms with Crippen molar-refractivity contribution in [2.75, 3.05) is 6.61 Å². The fourth-order valence-electron chi connectivity index (χ4n) is 4.43. The Morgan fingerprint density at radius 1 is 1.25 bits per heavy atom. The highest BCUT2D eigenvalue weighted by Crippen LogP contribution is 2.45. The predicted molar refractivity (Wildman–Crippen MR) is 118 cm³/mol. The van der Waals surface area contributed by atoms with Crippen molar-refractivity contribution in [3.63, 3.8) is 0 Å². The number of hydrogen-bond acceptors (Lipinski definition) is 10. The van der Waals surface area contributed by atoms with Gasteiger partial charge in [-0.25, -0.2) is 0 Å². The zero-order chi connectivity index (χ0) is 26.6. The molecule has 0 amide bonds. The van der Waals surface area contributed by atoms with E-state index < -0.39 is 59.2 Å². The SMILES string of the molecule is Cc1ncc2c(c1[C@](CC(=O)O)(CC(CO[N+](=O)[O-])O[N+](=O)[O-])C(=O)O)COC2c1ccc(Cl)cc1. The molecular weight excluding hydrogens is 506 g/mol. The van der Waals surface area contributed by atoms with Crippen LogP contribution < -0.4 is 0 Å². The Balaban J connectivity index is 2.16. The molecule has 2 heterocycles. The van der Waals surface area contributed by atoms with E-state index in [2.05, 4.69) is 14.7 Å². The molecule has 0 radical (unpaired) electrons. The van der Waals surface area contributed by atoms with Gasteiger partial charge in [-0.1, -0.05) is 23.7 Å². The number of carbonyl (C=O) groups is 2. The highest BCUT2D eigenvalue weighted by Gasteiger charge is 2.49. The minimum atomic E-state index is -2.33. The van der Waals surface area contributed by atoms with Gasteiger partial charge in [0.25, 0.3) is 10.2 Å². The third-order valence-electron chi connectivity index (χ3n) is 5.78. The Bertz CT molecular complexity index is 1190. The number of fused-ring (bicyclic) bond motifs is 1. The van der Waals surface area contributed by atoms with Crippen molar-refractivity contribution in [3.8, 4) is 0 Å². The van der Waals surface area contributed by atoms with Gasteiger partial charge >= 0.3 is 11.9 Å². The lowest BCUT2D eigenvalue weighted by Crippen LogP contribution is -2.45. The van der Waals surface area contributed by atoms with Gasteiger partial charge in [-0.3, -0.25) is 14.6 Å². The van der Waals surface area contributed by atoms with Crippen LogP contribution in [-0.4, -0.2) is 50.0 Å². The Labute approximate surface area is 207 Å². The van der Waals surface area contributed by atoms with Crippen LogP contribution in [0.5, 0.6) is 0 Å². The molecule has 3 atom stereocenters. The van der Waals surface area contributed by atoms with Gasteiger partial charge in [-0.05, 0) is 42.2 Å². The molecule has 0 saturated carbocycles. The number of rotatable bonds is 12. The number of halogens is 1. The summed E-state index contributed by atoms with van der Waals surface area (Å²) in [5.41, 5.74) is -0.698. The summed E-state index contributed by atoms with van der Waals surface area (Å²) in [7, 11) is 0. The zero-order valence-electron chi connectivity index (χ0n) is 18.7. The highest BCUT2D eigenvalue weighted by atomic mass is 35.5. The van der Waals surface area contributed by atoms with E-state index in [1.807, 2.05) is 0 Å². The molecule has 36 heavy (non-hydrogen) atoms. The second kappa shape index (κ2) is 10.7. The molecule has 0 aliphatic carbocycles. The number of aliphatic carboxylic acids is 2. The third kappa shape index (κ3) is 5.60. The molecular formula is C21H20ClN3O11. The lowest BCUT2D eigenvalue weighted by Gasteiger charge is -2.33. The Morgan fingerprint density at radius 2 is 1.92 bits per heavy atom. The first kappa shape index (κ1) is 26.6. The van der Waals surface area contributed by atoms with Crippen molar-refractivity contribution in [1.29, 1.82) is 0 Å². The van der Waals surface area contributed by atoms with Crippen molar-refractivity contribution in [2.24, 2.45) is 0 Å². The van der Waals surface area contributed by atoms with Crippen LogP contribution in [0.2, 0.25) is 5.02 Å². The predicted octanol–water partition coefficient (Wildman–Crippen LogP) is 2.64. The molecule has 2 unspecified atom stereocenters. The normalized spacial score (nSPS) is 16.9. The molecule has 2 aromatic rings. The van der Waals surface area contributed by atoms with Gasteiger partial charge in [0.1, 0.15) is 24.2 Å². The standard InChI is InChI=1S/C21H20ClN3O11/c1-11-18(16-10-34-19(15(16)8-23-11)12-2-4-13(22)5-3-12)21(20(28)29,7-17(26)27)6-14(36-25(32)33)9-35-24(30)31/h2-5,8,14,19H,6-7,9-10H2,1H3,(H,26,27)(H,28,29)/t14?,19?,21-/m1/s1. The summed E-state index contributed by atoms with van der Waals surface area (Å²) in [6, 6.07) is 6.70. The smallest absolute Gasteiger partial charge is 0.314 e. The second-order valence-electron chi connectivity index (χ2n) is 8.03. The van der Waals surface area contributed by atoms with Crippen LogP contribution in [0.3, 0.4) is 0 Å². The van der Waals surface area contributed by atoms with Crippen LogP contribution >= 0.6 is 11.6 Å². The molecule has 0 spiro atoms. The molecule has 0 bridgehead atoms. The maximum atomic E-state index is 12.7. The highest BCUT2D eigenvalue weighted by molar-refractivity contribution is 6.30. The lowest BCUT2D eigenvalue weighted by atomic mass is 9.70. The Morgan fingerprint density at radius 3 is 2.47 bits per heavy atom. The van der Waals surface area contributed by atoms with E-state index >= 15 is 0 Å². The molecule has 14 nitrogen and oxygen atoms in total. The molecule has 0 fully saturated rings. The van der Waals surface area contributed by atoms with Gasteiger partial charge in [0, 0.05) is 22.5 Å². The zero-order valence-corrected chi connectivity index (χ0v) is 19.4. The van der Waals surface area contributed by atoms with Crippen molar-refractivity contribution in [1.82, 2.24) is 4.98 Å². The average Bonchev–Trinajstić information content (AvgIpc) is 3.20. The Hall–Kier alpha value is -4.04. The van der Waals surface area contributed by atoms with Gasteiger partial charge in [-0.2, -0.15) is 0 Å². The minimum Gasteiger partial charge on any atom is -0.481 e. The first-order chi connectivity index (χ1) is 16.9. The summed E-state index contributed by atoms with van der Waals surface area (Å²) in [6.45, 7) is 0.345. The number of ether oxygens (including phenoxy) is 1. The van der Waals surface area contributed by atoms with Crippen LogP contribution in [0.1, 0.15) is 46.9 Å². The quantitative estimate of drug-likeness (QED) is 0.303. The molecule has 15 heteroatoms. The molecule has 3 rings (SSSR count). The molecule has 2 N–H and O–H groups in total. The average molecular weight is 526 g/mol. The number of benzene rings is 1. The van der Waals surface area contributed by atoms with E-state index in [0.29, 0.717) is 21.7 Å². The summed E-state index contributed by atoms with van der Waals surface area (Å²) >= 11 is 5.95. The molecule has 1 aromatic heterocycles. The number of aromatic nitrogens is 1. The largest absolute Gasteiger partial charge is 0.481 e. The van der Waals surface area contributed by atoms with E-state index in [1.54, 1.807) is 24.3 Å². The fourth-order valence-corrected chi connectivity index (χ4v) is 4.56. The van der Waals surface area contributed by atoms with Crippen molar-refractivity contribution >= 4 is 23.5 Å². The summed E-state index contributed by atoms with van der Waals surface area (Å²) in [4.78, 5) is 59.1. The molecule has 1 aliphatic heterocycles. The fraction of sp³-hybridized carbons (Fsp3) is 0.381. The molecule has 192 valence electrons. The second-order valence-corrected chi connectivity index (χ2v) is 8.46. The maximum Gasteiger partial charge on any atom is 0.314 e. The van der Waals surface area contributed by atoms with Gasteiger partial charge in [0.05, 0.1) is 13.0 Å². The minimum absolute atomic E-state index is 0.0237. The molecule has 0 saturated heterocycles. The summed E-state index contributed by atoms with van der Waals surface area (Å²) in [5.74, 6) is -3.17. The van der Waals surface area contributed by atoms with Gasteiger partial charge in [0.2, 0.25) is 0 Å². The first-order valence-electron chi connectivity index (χ1n) is 10.3. The van der Waals surface area contributed by atoms with Gasteiger partial charge < -0.3 is 24.6 Å². The van der Waals surface area contributed by atoms with E-state index in [4.69, 9.17) is 16.3 Å². The van der Waals surface area contributed by atoms with Gasteiger partial charge in [-0.15, -0.1) is 20.2 Å². The van der Waals surface area contributed by atoms with Gasteiger partial charge in [0.15, 0.2) is 0 Å². The third-order valence-corrected chi connectivity index (χ3v) is 6.03. The van der Waals surface area contributed by atoms with E-state index in [-0.39, 0.29) is 17.9 Å². The van der Waals surface area contributed by atoms with E-state index in [0.717, 1.165) is 0 Å². The number of nitrogens with zero attached hydrogens (tertiary/aromatic N) is 3. The number of aryl methyl sites for hydroxylation is 1. The number of carboxylic acids is 2. The van der Waals surface area contributed by atoms with Crippen LogP contribution in [0.25, 0.3) is 0 Å². The summed E-state index contributed by atoms with van der Waals surface area (Å²) in [6.07, 6.45) is -2.83. The van der Waals surface area contributed by atoms with Crippen LogP contribution in [-0.2, 0) is 36.0 Å². The monoisotopic (exact) mass is 525 g/mol.